The summed E-state index contributed by atoms with van der Waals surface area (Å²) in [5.41, 5.74) is 6.51. The van der Waals surface area contributed by atoms with Crippen molar-refractivity contribution in [2.75, 3.05) is 65.8 Å². The summed E-state index contributed by atoms with van der Waals surface area (Å²) in [5, 5.41) is 3.36. The summed E-state index contributed by atoms with van der Waals surface area (Å²) in [6.07, 6.45) is 0.582. The average Bonchev–Trinajstić information content (AvgIpc) is 3.13. The van der Waals surface area contributed by atoms with Crippen LogP contribution in [0.25, 0.3) is 0 Å². The second-order valence-electron chi connectivity index (χ2n) is 7.87. The highest BCUT2D eigenvalue weighted by Gasteiger charge is 2.32. The molecule has 0 aliphatic carbocycles. The number of hydrogen-bond acceptors (Lipinski definition) is 6. The summed E-state index contributed by atoms with van der Waals surface area (Å²) in [6, 6.07) is 3.05. The fourth-order valence-corrected chi connectivity index (χ4v) is 4.31. The lowest BCUT2D eigenvalue weighted by atomic mass is 10.0. The number of nitrogens with zero attached hydrogens (tertiary/aromatic N) is 3. The fraction of sp³-hybridized carbons (Fsp3) is 0.619. The molecule has 0 saturated carbocycles. The van der Waals surface area contributed by atoms with Crippen LogP contribution in [0.15, 0.2) is 12.1 Å². The van der Waals surface area contributed by atoms with Crippen LogP contribution in [-0.4, -0.2) is 98.8 Å². The van der Waals surface area contributed by atoms with Crippen LogP contribution in [0, 0.1) is 0 Å². The summed E-state index contributed by atoms with van der Waals surface area (Å²) in [4.78, 5) is 31.2. The lowest BCUT2D eigenvalue weighted by Crippen LogP contribution is -2.55. The molecule has 3 N–H and O–H groups in total. The van der Waals surface area contributed by atoms with Crippen molar-refractivity contribution in [3.05, 3.63) is 22.7 Å². The standard InChI is InChI=1S/C21H32ClN5O4/c1-4-26-9-10-27(21(26)29)8-7-25-6-5-17(19(13-25)31-3)24-20(28)14-11-15(22)16(23)12-18(14)30-2/h11-12,17,19H,4-10,13,23H2,1-3H3,(H,24,28)/t17-,19+/m0/s1. The number of methoxy groups -OCH3 is 2. The molecule has 0 bridgehead atoms. The molecule has 2 heterocycles. The van der Waals surface area contributed by atoms with Crippen molar-refractivity contribution in [1.82, 2.24) is 20.0 Å². The van der Waals surface area contributed by atoms with Gasteiger partial charge in [-0.25, -0.2) is 4.79 Å². The first kappa shape index (κ1) is 23.4. The SMILES string of the molecule is CCN1CCN(CCN2CC[C@H](NC(=O)c3cc(Cl)c(N)cc3OC)[C@H](OC)C2)C1=O. The summed E-state index contributed by atoms with van der Waals surface area (Å²) in [6.45, 7) is 7.29. The molecular formula is C21H32ClN5O4. The molecule has 10 heteroatoms. The number of likely N-dealkylation sites (N-methyl/N-ethyl adjacent to an activating group) is 1. The number of nitrogen functional groups attached to an aromatic ring is 1. The highest BCUT2D eigenvalue weighted by molar-refractivity contribution is 6.33. The first-order chi connectivity index (χ1) is 14.9. The highest BCUT2D eigenvalue weighted by atomic mass is 35.5. The van der Waals surface area contributed by atoms with Crippen molar-refractivity contribution in [3.63, 3.8) is 0 Å². The molecule has 2 saturated heterocycles. The predicted octanol–water partition coefficient (Wildman–Crippen LogP) is 1.51. The van der Waals surface area contributed by atoms with E-state index in [0.717, 1.165) is 39.1 Å². The van der Waals surface area contributed by atoms with Gasteiger partial charge in [0.2, 0.25) is 0 Å². The zero-order valence-corrected chi connectivity index (χ0v) is 19.2. The Hall–Kier alpha value is -2.23. The Labute approximate surface area is 188 Å². The Bertz CT molecular complexity index is 808. The number of nitrogens with two attached hydrogens (primary N) is 1. The summed E-state index contributed by atoms with van der Waals surface area (Å²) < 4.78 is 11.0. The van der Waals surface area contributed by atoms with Gasteiger partial charge in [0.25, 0.3) is 5.91 Å². The first-order valence-corrected chi connectivity index (χ1v) is 11.0. The van der Waals surface area contributed by atoms with Crippen molar-refractivity contribution in [2.24, 2.45) is 0 Å². The molecule has 0 aromatic heterocycles. The van der Waals surface area contributed by atoms with Crippen molar-refractivity contribution < 1.29 is 19.1 Å². The molecule has 1 aromatic carbocycles. The van der Waals surface area contributed by atoms with E-state index >= 15 is 0 Å². The molecule has 0 spiro atoms. The van der Waals surface area contributed by atoms with E-state index in [1.165, 1.54) is 13.2 Å². The molecule has 3 rings (SSSR count). The van der Waals surface area contributed by atoms with Gasteiger partial charge in [-0.2, -0.15) is 0 Å². The second-order valence-corrected chi connectivity index (χ2v) is 8.27. The van der Waals surface area contributed by atoms with Crippen molar-refractivity contribution in [2.45, 2.75) is 25.5 Å². The molecular weight excluding hydrogens is 422 g/mol. The maximum Gasteiger partial charge on any atom is 0.320 e. The number of rotatable bonds is 8. The van der Waals surface area contributed by atoms with Crippen LogP contribution in [-0.2, 0) is 4.74 Å². The monoisotopic (exact) mass is 453 g/mol. The van der Waals surface area contributed by atoms with E-state index in [2.05, 4.69) is 10.2 Å². The number of carbonyl (C=O) groups is 2. The van der Waals surface area contributed by atoms with Crippen LogP contribution in [0.2, 0.25) is 5.02 Å². The normalized spacial score (nSPS) is 22.1. The Morgan fingerprint density at radius 3 is 2.61 bits per heavy atom. The smallest absolute Gasteiger partial charge is 0.320 e. The quantitative estimate of drug-likeness (QED) is 0.579. The Balaban J connectivity index is 1.56. The minimum absolute atomic E-state index is 0.115. The average molecular weight is 454 g/mol. The predicted molar refractivity (Wildman–Crippen MR) is 120 cm³/mol. The van der Waals surface area contributed by atoms with Gasteiger partial charge in [0.15, 0.2) is 0 Å². The highest BCUT2D eigenvalue weighted by Crippen LogP contribution is 2.29. The number of amides is 3. The van der Waals surface area contributed by atoms with Gasteiger partial charge in [-0.3, -0.25) is 9.69 Å². The second kappa shape index (κ2) is 10.4. The molecule has 31 heavy (non-hydrogen) atoms. The molecule has 0 unspecified atom stereocenters. The number of nitrogens with one attached hydrogen (secondary N) is 1. The summed E-state index contributed by atoms with van der Waals surface area (Å²) in [7, 11) is 3.14. The number of likely N-dealkylation sites (tertiary alicyclic amines) is 1. The van der Waals surface area contributed by atoms with Gasteiger partial charge >= 0.3 is 6.03 Å². The van der Waals surface area contributed by atoms with E-state index < -0.39 is 0 Å². The minimum atomic E-state index is -0.276. The molecule has 1 aromatic rings. The van der Waals surface area contributed by atoms with Crippen molar-refractivity contribution >= 4 is 29.2 Å². The molecule has 2 atom stereocenters. The van der Waals surface area contributed by atoms with E-state index in [0.29, 0.717) is 35.1 Å². The molecule has 2 fully saturated rings. The van der Waals surface area contributed by atoms with Crippen LogP contribution >= 0.6 is 11.6 Å². The number of piperidine rings is 1. The van der Waals surface area contributed by atoms with E-state index in [4.69, 9.17) is 26.8 Å². The third-order valence-electron chi connectivity index (χ3n) is 6.07. The third kappa shape index (κ3) is 5.34. The Kier molecular flexibility index (Phi) is 7.85. The third-order valence-corrected chi connectivity index (χ3v) is 6.40. The first-order valence-electron chi connectivity index (χ1n) is 10.6. The molecule has 9 nitrogen and oxygen atoms in total. The topological polar surface area (TPSA) is 100 Å². The van der Waals surface area contributed by atoms with Crippen LogP contribution in [0.5, 0.6) is 5.75 Å². The van der Waals surface area contributed by atoms with Crippen molar-refractivity contribution in [3.8, 4) is 5.75 Å². The number of benzene rings is 1. The number of urea groups is 1. The van der Waals surface area contributed by atoms with Crippen LogP contribution in [0.1, 0.15) is 23.7 Å². The van der Waals surface area contributed by atoms with Gasteiger partial charge in [0, 0.05) is 59.0 Å². The van der Waals surface area contributed by atoms with Gasteiger partial charge in [-0.1, -0.05) is 11.6 Å². The number of hydrogen-bond donors (Lipinski definition) is 2. The molecule has 3 amide bonds. The van der Waals surface area contributed by atoms with Gasteiger partial charge in [-0.05, 0) is 19.4 Å². The number of halogens is 1. The van der Waals surface area contributed by atoms with Crippen LogP contribution in [0.4, 0.5) is 10.5 Å². The van der Waals surface area contributed by atoms with Gasteiger partial charge in [0.05, 0.1) is 35.5 Å². The maximum absolute atomic E-state index is 12.9. The van der Waals surface area contributed by atoms with E-state index in [9.17, 15) is 9.59 Å². The van der Waals surface area contributed by atoms with Crippen LogP contribution < -0.4 is 15.8 Å². The van der Waals surface area contributed by atoms with E-state index in [1.54, 1.807) is 13.2 Å². The van der Waals surface area contributed by atoms with E-state index in [1.807, 2.05) is 16.7 Å². The largest absolute Gasteiger partial charge is 0.496 e. The van der Waals surface area contributed by atoms with Crippen LogP contribution in [0.3, 0.4) is 0 Å². The van der Waals surface area contributed by atoms with Gasteiger partial charge in [0.1, 0.15) is 5.75 Å². The van der Waals surface area contributed by atoms with Crippen molar-refractivity contribution in [1.29, 1.82) is 0 Å². The van der Waals surface area contributed by atoms with Gasteiger partial charge in [-0.15, -0.1) is 0 Å². The molecule has 2 aliphatic heterocycles. The lowest BCUT2D eigenvalue weighted by Gasteiger charge is -2.38. The minimum Gasteiger partial charge on any atom is -0.496 e. The lowest BCUT2D eigenvalue weighted by molar-refractivity contribution is 0.00513. The Morgan fingerprint density at radius 1 is 1.23 bits per heavy atom. The summed E-state index contributed by atoms with van der Waals surface area (Å²) >= 11 is 6.10. The zero-order valence-electron chi connectivity index (χ0n) is 18.4. The van der Waals surface area contributed by atoms with E-state index in [-0.39, 0.29) is 24.1 Å². The molecule has 172 valence electrons. The zero-order chi connectivity index (χ0) is 22.5. The van der Waals surface area contributed by atoms with Gasteiger partial charge < -0.3 is 30.3 Å². The molecule has 2 aliphatic rings. The fourth-order valence-electron chi connectivity index (χ4n) is 4.14. The number of anilines is 1. The summed E-state index contributed by atoms with van der Waals surface area (Å²) in [5.74, 6) is 0.101. The molecule has 0 radical (unpaired) electrons. The Morgan fingerprint density at radius 2 is 1.97 bits per heavy atom. The number of ether oxygens (including phenoxy) is 2. The maximum atomic E-state index is 12.9. The number of carbonyl (C=O) groups excluding carboxylic acids is 2.